The van der Waals surface area contributed by atoms with Crippen LogP contribution in [0.15, 0.2) is 0 Å². The lowest BCUT2D eigenvalue weighted by molar-refractivity contribution is -0.0229. The molecule has 0 aromatic heterocycles. The third-order valence-electron chi connectivity index (χ3n) is 6.13. The van der Waals surface area contributed by atoms with Crippen molar-refractivity contribution in [3.63, 3.8) is 0 Å². The molecule has 40 heavy (non-hydrogen) atoms. The monoisotopic (exact) mass is 573 g/mol. The highest BCUT2D eigenvalue weighted by Gasteiger charge is 2.32. The molecule has 2 heteroatoms. The SMILES string of the molecule is CC(C)(C)C(O)C(C)(C)C.CC(C)(C)CC(C)(C)C.CC(C)(C)CCC(C)(C)C.CC(C)(C)C[C@@H](O)C(C)(C)C. The van der Waals surface area contributed by atoms with E-state index in [1.807, 2.05) is 0 Å². The summed E-state index contributed by atoms with van der Waals surface area (Å²) in [5, 5.41) is 19.4. The molecule has 2 N–H and O–H groups in total. The van der Waals surface area contributed by atoms with Crippen LogP contribution >= 0.6 is 0 Å². The first-order valence-electron chi connectivity index (χ1n) is 16.1. The van der Waals surface area contributed by atoms with Gasteiger partial charge in [-0.2, -0.15) is 0 Å². The standard InChI is InChI=1S/C10H22O.C10H22.C9H20O.C9H20/c1-9(2,3)7-8(11)10(4,5)6;1-9(2,3)7-8-10(4,5)6;1-8(2,3)7(10)9(4,5)6;1-8(2,3)7-9(4,5)6/h8,11H,7H2,1-6H3;7-8H2,1-6H3;7,10H,1-6H3;7H2,1-6H3/t8-;;;/m1.../s1. The molecule has 0 aromatic carbocycles. The number of aliphatic hydroxyl groups excluding tert-OH is 2. The molecule has 0 aliphatic rings. The van der Waals surface area contributed by atoms with Crippen molar-refractivity contribution in [2.24, 2.45) is 43.3 Å². The molecule has 2 nitrogen and oxygen atoms in total. The van der Waals surface area contributed by atoms with Gasteiger partial charge in [0.25, 0.3) is 0 Å². The van der Waals surface area contributed by atoms with E-state index in [4.69, 9.17) is 0 Å². The maximum Gasteiger partial charge on any atom is 0.0636 e. The molecule has 0 bridgehead atoms. The molecule has 0 spiro atoms. The van der Waals surface area contributed by atoms with Crippen LogP contribution in [0.2, 0.25) is 0 Å². The summed E-state index contributed by atoms with van der Waals surface area (Å²) in [6.45, 7) is 52.6. The predicted octanol–water partition coefficient (Wildman–Crippen LogP) is 12.6. The van der Waals surface area contributed by atoms with Crippen LogP contribution in [0.25, 0.3) is 0 Å². The predicted molar refractivity (Wildman–Crippen MR) is 186 cm³/mol. The fourth-order valence-corrected chi connectivity index (χ4v) is 4.53. The average molecular weight is 573 g/mol. The quantitative estimate of drug-likeness (QED) is 0.345. The third-order valence-corrected chi connectivity index (χ3v) is 6.13. The lowest BCUT2D eigenvalue weighted by atomic mass is 9.74. The van der Waals surface area contributed by atoms with Crippen molar-refractivity contribution >= 4 is 0 Å². The summed E-state index contributed by atoms with van der Waals surface area (Å²) < 4.78 is 0. The van der Waals surface area contributed by atoms with Crippen LogP contribution in [-0.4, -0.2) is 22.4 Å². The van der Waals surface area contributed by atoms with Crippen LogP contribution in [0.1, 0.15) is 192 Å². The Morgan fingerprint density at radius 2 is 0.600 bits per heavy atom. The van der Waals surface area contributed by atoms with Gasteiger partial charge in [-0.1, -0.05) is 166 Å². The zero-order chi connectivity index (χ0) is 34.0. The van der Waals surface area contributed by atoms with Gasteiger partial charge in [0.05, 0.1) is 12.2 Å². The van der Waals surface area contributed by atoms with Gasteiger partial charge >= 0.3 is 0 Å². The van der Waals surface area contributed by atoms with Gasteiger partial charge in [0, 0.05) is 0 Å². The van der Waals surface area contributed by atoms with Crippen LogP contribution in [0.5, 0.6) is 0 Å². The van der Waals surface area contributed by atoms with Gasteiger partial charge in [0.1, 0.15) is 0 Å². The second kappa shape index (κ2) is 16.7. The molecule has 0 aromatic rings. The third kappa shape index (κ3) is 40.1. The van der Waals surface area contributed by atoms with Crippen molar-refractivity contribution in [3.05, 3.63) is 0 Å². The average Bonchev–Trinajstić information content (AvgIpc) is 2.52. The number of hydrogen-bond donors (Lipinski definition) is 2. The minimum atomic E-state index is -0.236. The van der Waals surface area contributed by atoms with E-state index in [0.717, 1.165) is 6.42 Å². The van der Waals surface area contributed by atoms with E-state index in [1.54, 1.807) is 0 Å². The molecule has 0 amide bonds. The molecule has 0 radical (unpaired) electrons. The van der Waals surface area contributed by atoms with Crippen molar-refractivity contribution in [1.82, 2.24) is 0 Å². The van der Waals surface area contributed by atoms with Crippen LogP contribution in [0, 0.1) is 43.3 Å². The van der Waals surface area contributed by atoms with Gasteiger partial charge in [0.2, 0.25) is 0 Å². The largest absolute Gasteiger partial charge is 0.393 e. The van der Waals surface area contributed by atoms with Gasteiger partial charge in [0.15, 0.2) is 0 Å². The maximum atomic E-state index is 9.72. The number of hydrogen-bond acceptors (Lipinski definition) is 2. The molecule has 0 aliphatic heterocycles. The van der Waals surface area contributed by atoms with E-state index in [1.165, 1.54) is 19.3 Å². The highest BCUT2D eigenvalue weighted by molar-refractivity contribution is 4.83. The summed E-state index contributed by atoms with van der Waals surface area (Å²) in [7, 11) is 0. The minimum absolute atomic E-state index is 0.00174. The molecule has 0 aliphatic carbocycles. The highest BCUT2D eigenvalue weighted by atomic mass is 16.3. The molecule has 0 heterocycles. The first kappa shape index (κ1) is 46.9. The van der Waals surface area contributed by atoms with E-state index >= 15 is 0 Å². The summed E-state index contributed by atoms with van der Waals surface area (Å²) in [4.78, 5) is 0. The van der Waals surface area contributed by atoms with Crippen molar-refractivity contribution in [3.8, 4) is 0 Å². The first-order valence-corrected chi connectivity index (χ1v) is 16.1. The van der Waals surface area contributed by atoms with Crippen molar-refractivity contribution in [2.75, 3.05) is 0 Å². The molecule has 0 saturated carbocycles. The Morgan fingerprint density at radius 3 is 0.650 bits per heavy atom. The molecule has 0 fully saturated rings. The van der Waals surface area contributed by atoms with Gasteiger partial charge in [-0.25, -0.2) is 0 Å². The Morgan fingerprint density at radius 1 is 0.350 bits per heavy atom. The Labute approximate surface area is 257 Å². The van der Waals surface area contributed by atoms with Crippen molar-refractivity contribution in [2.45, 2.75) is 204 Å². The van der Waals surface area contributed by atoms with E-state index in [0.29, 0.717) is 21.7 Å². The zero-order valence-electron chi connectivity index (χ0n) is 32.9. The van der Waals surface area contributed by atoms with E-state index in [9.17, 15) is 10.2 Å². The smallest absolute Gasteiger partial charge is 0.0636 e. The van der Waals surface area contributed by atoms with Gasteiger partial charge in [-0.3, -0.25) is 0 Å². The second-order valence-corrected chi connectivity index (χ2v) is 21.7. The minimum Gasteiger partial charge on any atom is -0.393 e. The van der Waals surface area contributed by atoms with E-state index in [-0.39, 0.29) is 33.9 Å². The number of aliphatic hydroxyl groups is 2. The van der Waals surface area contributed by atoms with Crippen LogP contribution in [-0.2, 0) is 0 Å². The molecule has 0 rings (SSSR count). The summed E-state index contributed by atoms with van der Waals surface area (Å²) in [6.07, 6.45) is 4.39. The molecular formula is C38H84O2. The lowest BCUT2D eigenvalue weighted by Crippen LogP contribution is -2.37. The Bertz CT molecular complexity index is 575. The Kier molecular flexibility index (Phi) is 19.5. The Hall–Kier alpha value is -0.0800. The molecule has 248 valence electrons. The van der Waals surface area contributed by atoms with Gasteiger partial charge in [-0.15, -0.1) is 0 Å². The summed E-state index contributed by atoms with van der Waals surface area (Å²) in [5.74, 6) is 0. The van der Waals surface area contributed by atoms with Crippen molar-refractivity contribution < 1.29 is 10.2 Å². The fraction of sp³-hybridized carbons (Fsp3) is 1.00. The highest BCUT2D eigenvalue weighted by Crippen LogP contribution is 2.34. The lowest BCUT2D eigenvalue weighted by Gasteiger charge is -2.36. The van der Waals surface area contributed by atoms with E-state index in [2.05, 4.69) is 166 Å². The normalized spacial score (nSPS) is 14.8. The molecular weight excluding hydrogens is 488 g/mol. The maximum absolute atomic E-state index is 9.72. The summed E-state index contributed by atoms with van der Waals surface area (Å²) in [5.41, 5.74) is 2.23. The van der Waals surface area contributed by atoms with Crippen molar-refractivity contribution in [1.29, 1.82) is 0 Å². The molecule has 0 saturated heterocycles. The first-order chi connectivity index (χ1) is 16.7. The zero-order valence-corrected chi connectivity index (χ0v) is 32.9. The van der Waals surface area contributed by atoms with Crippen LogP contribution < -0.4 is 0 Å². The number of rotatable bonds is 2. The molecule has 0 unspecified atom stereocenters. The fourth-order valence-electron chi connectivity index (χ4n) is 4.53. The van der Waals surface area contributed by atoms with Crippen LogP contribution in [0.4, 0.5) is 0 Å². The second-order valence-electron chi connectivity index (χ2n) is 21.7. The summed E-state index contributed by atoms with van der Waals surface area (Å²) in [6, 6.07) is 0. The molecule has 1 atom stereocenters. The summed E-state index contributed by atoms with van der Waals surface area (Å²) >= 11 is 0. The topological polar surface area (TPSA) is 40.5 Å². The van der Waals surface area contributed by atoms with Gasteiger partial charge in [-0.05, 0) is 69.0 Å². The Balaban J connectivity index is -0.000000217. The van der Waals surface area contributed by atoms with E-state index < -0.39 is 0 Å². The van der Waals surface area contributed by atoms with Gasteiger partial charge < -0.3 is 10.2 Å². The van der Waals surface area contributed by atoms with Crippen LogP contribution in [0.3, 0.4) is 0 Å².